The van der Waals surface area contributed by atoms with Crippen molar-refractivity contribution in [3.63, 3.8) is 0 Å². The van der Waals surface area contributed by atoms with Crippen LogP contribution in [0.2, 0.25) is 5.02 Å². The summed E-state index contributed by atoms with van der Waals surface area (Å²) in [5, 5.41) is 4.65. The van der Waals surface area contributed by atoms with E-state index in [1.807, 2.05) is 44.2 Å². The largest absolute Gasteiger partial charge is 0.493 e. The van der Waals surface area contributed by atoms with Crippen molar-refractivity contribution in [2.75, 3.05) is 25.2 Å². The van der Waals surface area contributed by atoms with Crippen LogP contribution < -0.4 is 14.4 Å². The summed E-state index contributed by atoms with van der Waals surface area (Å²) in [5.74, 6) is 1.90. The van der Waals surface area contributed by atoms with Gasteiger partial charge in [0.1, 0.15) is 0 Å². The van der Waals surface area contributed by atoms with E-state index in [2.05, 4.69) is 10.1 Å². The Kier molecular flexibility index (Phi) is 5.63. The first-order valence-corrected chi connectivity index (χ1v) is 10.1. The van der Waals surface area contributed by atoms with Gasteiger partial charge in [0.15, 0.2) is 11.5 Å². The van der Waals surface area contributed by atoms with E-state index in [1.165, 1.54) is 0 Å². The van der Waals surface area contributed by atoms with Gasteiger partial charge in [-0.15, -0.1) is 0 Å². The van der Waals surface area contributed by atoms with Gasteiger partial charge in [-0.05, 0) is 49.7 Å². The summed E-state index contributed by atoms with van der Waals surface area (Å²) in [6.45, 7) is 4.85. The fourth-order valence-corrected chi connectivity index (χ4v) is 3.87. The molecule has 0 spiro atoms. The van der Waals surface area contributed by atoms with Crippen LogP contribution in [0.15, 0.2) is 40.9 Å². The smallest absolute Gasteiger partial charge is 0.232 e. The van der Waals surface area contributed by atoms with Crippen molar-refractivity contribution in [3.05, 3.63) is 52.9 Å². The molecule has 0 saturated carbocycles. The molecule has 1 aliphatic heterocycles. The molecule has 7 nitrogen and oxygen atoms in total. The zero-order valence-corrected chi connectivity index (χ0v) is 17.8. The third-order valence-electron chi connectivity index (χ3n) is 5.03. The lowest BCUT2D eigenvalue weighted by Crippen LogP contribution is -2.24. The molecule has 3 aromatic rings. The number of rotatable bonds is 6. The van der Waals surface area contributed by atoms with Crippen LogP contribution in [0.4, 0.5) is 5.69 Å². The first kappa shape index (κ1) is 20.2. The van der Waals surface area contributed by atoms with Crippen LogP contribution in [0, 0.1) is 6.92 Å². The number of halogens is 1. The Bertz CT molecular complexity index is 1080. The van der Waals surface area contributed by atoms with Gasteiger partial charge in [-0.2, -0.15) is 4.98 Å². The fraction of sp³-hybridized carbons (Fsp3) is 0.318. The van der Waals surface area contributed by atoms with Crippen molar-refractivity contribution in [2.24, 2.45) is 0 Å². The molecule has 1 saturated heterocycles. The Morgan fingerprint density at radius 1 is 1.23 bits per heavy atom. The van der Waals surface area contributed by atoms with Crippen molar-refractivity contribution in [2.45, 2.75) is 26.2 Å². The van der Waals surface area contributed by atoms with Crippen LogP contribution in [0.5, 0.6) is 11.5 Å². The topological polar surface area (TPSA) is 77.7 Å². The van der Waals surface area contributed by atoms with Gasteiger partial charge >= 0.3 is 0 Å². The van der Waals surface area contributed by atoms with Gasteiger partial charge < -0.3 is 18.9 Å². The number of nitrogens with zero attached hydrogens (tertiary/aromatic N) is 3. The van der Waals surface area contributed by atoms with Crippen LogP contribution in [0.3, 0.4) is 0 Å². The summed E-state index contributed by atoms with van der Waals surface area (Å²) in [4.78, 5) is 18.8. The highest BCUT2D eigenvalue weighted by Crippen LogP contribution is 2.36. The molecule has 30 heavy (non-hydrogen) atoms. The Labute approximate surface area is 179 Å². The van der Waals surface area contributed by atoms with Crippen LogP contribution >= 0.6 is 11.6 Å². The maximum atomic E-state index is 12.6. The first-order chi connectivity index (χ1) is 14.5. The molecule has 0 radical (unpaired) electrons. The predicted molar refractivity (Wildman–Crippen MR) is 113 cm³/mol. The predicted octanol–water partition coefficient (Wildman–Crippen LogP) is 4.63. The standard InChI is InChI=1S/C22H22ClN3O4/c1-4-29-18-8-6-14(10-19(18)28-3)21-24-22(30-25-21)15-11-20(27)26(12-15)17-7-5-13(2)9-16(17)23/h5-10,15H,4,11-12H2,1-3H3. The lowest BCUT2D eigenvalue weighted by atomic mass is 10.1. The maximum absolute atomic E-state index is 12.6. The van der Waals surface area contributed by atoms with E-state index in [9.17, 15) is 4.79 Å². The third kappa shape index (κ3) is 3.85. The molecule has 156 valence electrons. The van der Waals surface area contributed by atoms with Gasteiger partial charge in [0.05, 0.1) is 30.3 Å². The van der Waals surface area contributed by atoms with Gasteiger partial charge in [0.25, 0.3) is 0 Å². The SMILES string of the molecule is CCOc1ccc(-c2noc(C3CC(=O)N(c4ccc(C)cc4Cl)C3)n2)cc1OC. The number of hydrogen-bond donors (Lipinski definition) is 0. The number of amides is 1. The van der Waals surface area contributed by atoms with E-state index in [0.29, 0.717) is 53.5 Å². The van der Waals surface area contributed by atoms with Crippen LogP contribution in [0.25, 0.3) is 11.4 Å². The van der Waals surface area contributed by atoms with E-state index in [1.54, 1.807) is 18.1 Å². The zero-order valence-electron chi connectivity index (χ0n) is 17.0. The summed E-state index contributed by atoms with van der Waals surface area (Å²) < 4.78 is 16.4. The normalized spacial score (nSPS) is 16.2. The number of methoxy groups -OCH3 is 1. The van der Waals surface area contributed by atoms with Crippen LogP contribution in [-0.4, -0.2) is 36.3 Å². The van der Waals surface area contributed by atoms with E-state index in [0.717, 1.165) is 11.1 Å². The lowest BCUT2D eigenvalue weighted by molar-refractivity contribution is -0.117. The Hall–Kier alpha value is -3.06. The molecule has 1 unspecified atom stereocenters. The minimum Gasteiger partial charge on any atom is -0.493 e. The number of carbonyl (C=O) groups excluding carboxylic acids is 1. The quantitative estimate of drug-likeness (QED) is 0.571. The molecule has 1 aliphatic rings. The molecule has 1 amide bonds. The van der Waals surface area contributed by atoms with Crippen molar-refractivity contribution < 1.29 is 18.8 Å². The molecule has 0 aliphatic carbocycles. The number of anilines is 1. The number of aryl methyl sites for hydroxylation is 1. The van der Waals surface area contributed by atoms with E-state index >= 15 is 0 Å². The second-order valence-electron chi connectivity index (χ2n) is 7.12. The molecular formula is C22H22ClN3O4. The average molecular weight is 428 g/mol. The van der Waals surface area contributed by atoms with Crippen molar-refractivity contribution >= 4 is 23.2 Å². The minimum atomic E-state index is -0.194. The minimum absolute atomic E-state index is 0.0201. The molecule has 8 heteroatoms. The number of ether oxygens (including phenoxy) is 2. The number of benzene rings is 2. The maximum Gasteiger partial charge on any atom is 0.232 e. The number of hydrogen-bond acceptors (Lipinski definition) is 6. The second-order valence-corrected chi connectivity index (χ2v) is 7.52. The summed E-state index contributed by atoms with van der Waals surface area (Å²) in [5.41, 5.74) is 2.48. The van der Waals surface area contributed by atoms with E-state index in [-0.39, 0.29) is 11.8 Å². The Morgan fingerprint density at radius 3 is 2.80 bits per heavy atom. The molecule has 0 N–H and O–H groups in total. The van der Waals surface area contributed by atoms with Gasteiger partial charge in [0.2, 0.25) is 17.6 Å². The van der Waals surface area contributed by atoms with Crippen molar-refractivity contribution in [3.8, 4) is 22.9 Å². The molecule has 4 rings (SSSR count). The number of aromatic nitrogens is 2. The number of carbonyl (C=O) groups is 1. The van der Waals surface area contributed by atoms with E-state index < -0.39 is 0 Å². The Morgan fingerprint density at radius 2 is 2.07 bits per heavy atom. The molecule has 2 heterocycles. The van der Waals surface area contributed by atoms with Gasteiger partial charge in [0, 0.05) is 18.5 Å². The van der Waals surface area contributed by atoms with Crippen molar-refractivity contribution in [1.29, 1.82) is 0 Å². The summed E-state index contributed by atoms with van der Waals surface area (Å²) in [6.07, 6.45) is 0.290. The molecule has 2 aromatic carbocycles. The molecule has 0 bridgehead atoms. The van der Waals surface area contributed by atoms with Gasteiger partial charge in [-0.25, -0.2) is 0 Å². The van der Waals surface area contributed by atoms with E-state index in [4.69, 9.17) is 25.6 Å². The highest BCUT2D eigenvalue weighted by Gasteiger charge is 2.36. The fourth-order valence-electron chi connectivity index (χ4n) is 3.54. The van der Waals surface area contributed by atoms with Crippen LogP contribution in [0.1, 0.15) is 30.7 Å². The van der Waals surface area contributed by atoms with Gasteiger partial charge in [-0.1, -0.05) is 22.8 Å². The van der Waals surface area contributed by atoms with Crippen LogP contribution in [-0.2, 0) is 4.79 Å². The second kappa shape index (κ2) is 8.36. The average Bonchev–Trinajstić information content (AvgIpc) is 3.36. The zero-order chi connectivity index (χ0) is 21.3. The highest BCUT2D eigenvalue weighted by molar-refractivity contribution is 6.34. The highest BCUT2D eigenvalue weighted by atomic mass is 35.5. The first-order valence-electron chi connectivity index (χ1n) is 9.71. The molecule has 1 atom stereocenters. The van der Waals surface area contributed by atoms with Gasteiger partial charge in [-0.3, -0.25) is 4.79 Å². The lowest BCUT2D eigenvalue weighted by Gasteiger charge is -2.18. The Balaban J connectivity index is 1.55. The monoisotopic (exact) mass is 427 g/mol. The summed E-state index contributed by atoms with van der Waals surface area (Å²) in [7, 11) is 1.58. The third-order valence-corrected chi connectivity index (χ3v) is 5.33. The molecular weight excluding hydrogens is 406 g/mol. The molecule has 1 fully saturated rings. The molecule has 1 aromatic heterocycles. The van der Waals surface area contributed by atoms with Crippen molar-refractivity contribution in [1.82, 2.24) is 10.1 Å². The summed E-state index contributed by atoms with van der Waals surface area (Å²) in [6, 6.07) is 11.1. The summed E-state index contributed by atoms with van der Waals surface area (Å²) >= 11 is 6.35.